The van der Waals surface area contributed by atoms with Crippen LogP contribution in [0.3, 0.4) is 0 Å². The maximum absolute atomic E-state index is 12.4. The van der Waals surface area contributed by atoms with E-state index in [4.69, 9.17) is 11.6 Å². The minimum Gasteiger partial charge on any atom is -0.367 e. The van der Waals surface area contributed by atoms with Gasteiger partial charge in [0.15, 0.2) is 0 Å². The Morgan fingerprint density at radius 3 is 2.78 bits per heavy atom. The molecule has 0 aromatic heterocycles. The van der Waals surface area contributed by atoms with Crippen LogP contribution in [0.5, 0.6) is 0 Å². The van der Waals surface area contributed by atoms with Crippen LogP contribution in [0.1, 0.15) is 0 Å². The average Bonchev–Trinajstić information content (AvgIpc) is 2.46. The van der Waals surface area contributed by atoms with Crippen molar-refractivity contribution in [1.29, 1.82) is 0 Å². The molecule has 3 N–H and O–H groups in total. The van der Waals surface area contributed by atoms with E-state index in [0.717, 1.165) is 6.07 Å². The topological polar surface area (TPSA) is 104 Å². The second-order valence-electron chi connectivity index (χ2n) is 4.63. The first kappa shape index (κ1) is 18.6. The Morgan fingerprint density at radius 2 is 2.17 bits per heavy atom. The molecule has 7 nitrogen and oxygen atoms in total. The monoisotopic (exact) mass is 397 g/mol. The summed E-state index contributed by atoms with van der Waals surface area (Å²) >= 11 is 7.50. The van der Waals surface area contributed by atoms with Crippen LogP contribution in [0.2, 0.25) is 5.02 Å². The van der Waals surface area contributed by atoms with Gasteiger partial charge in [-0.05, 0) is 19.2 Å². The fraction of sp³-hybridized carbons (Fsp3) is 0.333. The molecule has 1 aromatic carbocycles. The first-order valence-electron chi connectivity index (χ1n) is 6.46. The maximum Gasteiger partial charge on any atom is 0.244 e. The van der Waals surface area contributed by atoms with Crippen LogP contribution in [0, 0.1) is 0 Å². The Hall–Kier alpha value is -0.780. The molecule has 1 unspecified atom stereocenters. The number of rotatable bonds is 6. The van der Waals surface area contributed by atoms with Crippen molar-refractivity contribution in [1.82, 2.24) is 9.44 Å². The third kappa shape index (κ3) is 4.01. The number of hydrogen-bond acceptors (Lipinski definition) is 6. The highest BCUT2D eigenvalue weighted by molar-refractivity contribution is 7.99. The summed E-state index contributed by atoms with van der Waals surface area (Å²) in [5.41, 5.74) is 0.271. The minimum atomic E-state index is -3.86. The smallest absolute Gasteiger partial charge is 0.244 e. The van der Waals surface area contributed by atoms with E-state index >= 15 is 0 Å². The van der Waals surface area contributed by atoms with Crippen molar-refractivity contribution in [2.24, 2.45) is 0 Å². The van der Waals surface area contributed by atoms with Crippen molar-refractivity contribution in [3.8, 4) is 0 Å². The number of anilines is 1. The molecule has 2 rings (SSSR count). The molecule has 0 saturated carbocycles. The number of hydrogen-bond donors (Lipinski definition) is 3. The molecule has 1 aromatic rings. The van der Waals surface area contributed by atoms with Gasteiger partial charge in [0.25, 0.3) is 0 Å². The molecule has 0 saturated heterocycles. The second kappa shape index (κ2) is 6.99. The lowest BCUT2D eigenvalue weighted by atomic mass is 10.3. The van der Waals surface area contributed by atoms with Crippen molar-refractivity contribution < 1.29 is 16.8 Å². The fourth-order valence-corrected chi connectivity index (χ4v) is 5.48. The number of fused-ring (bicyclic) bond motifs is 1. The highest BCUT2D eigenvalue weighted by atomic mass is 35.5. The molecule has 1 atom stereocenters. The molecule has 0 aliphatic carbocycles. The standard InChI is InChI=1S/C12H16ClN3O4S3/c1-3-4-21-7-12-15-9-5-8(13)10(22(17,18)14-2)6-11(9)23(19,20)16-12/h3,5-6,12,14-16H,1,4,7H2,2H3. The van der Waals surface area contributed by atoms with Gasteiger partial charge in [0, 0.05) is 11.5 Å². The molecule has 0 bridgehead atoms. The summed E-state index contributed by atoms with van der Waals surface area (Å²) in [6, 6.07) is 2.36. The zero-order valence-electron chi connectivity index (χ0n) is 12.2. The third-order valence-corrected chi connectivity index (χ3v) is 7.46. The van der Waals surface area contributed by atoms with Gasteiger partial charge in [-0.1, -0.05) is 17.7 Å². The SMILES string of the molecule is C=CCSCC1Nc2cc(Cl)c(S(=O)(=O)NC)cc2S(=O)(=O)N1. The van der Waals surface area contributed by atoms with Crippen LogP contribution in [-0.2, 0) is 20.0 Å². The zero-order chi connectivity index (χ0) is 17.3. The van der Waals surface area contributed by atoms with Crippen LogP contribution in [0.15, 0.2) is 34.6 Å². The van der Waals surface area contributed by atoms with E-state index in [1.807, 2.05) is 0 Å². The number of sulfonamides is 2. The first-order valence-corrected chi connectivity index (χ1v) is 11.0. The first-order chi connectivity index (χ1) is 10.7. The predicted molar refractivity (Wildman–Crippen MR) is 93.0 cm³/mol. The Bertz CT molecular complexity index is 824. The van der Waals surface area contributed by atoms with Crippen molar-refractivity contribution in [3.63, 3.8) is 0 Å². The summed E-state index contributed by atoms with van der Waals surface area (Å²) in [7, 11) is -6.47. The van der Waals surface area contributed by atoms with E-state index in [1.165, 1.54) is 24.9 Å². The van der Waals surface area contributed by atoms with Gasteiger partial charge < -0.3 is 5.32 Å². The molecule has 1 aliphatic rings. The second-order valence-corrected chi connectivity index (χ2v) is 9.65. The average molecular weight is 398 g/mol. The summed E-state index contributed by atoms with van der Waals surface area (Å²) in [6.07, 6.45) is 1.21. The maximum atomic E-state index is 12.4. The van der Waals surface area contributed by atoms with E-state index in [-0.39, 0.29) is 20.5 Å². The summed E-state index contributed by atoms with van der Waals surface area (Å²) < 4.78 is 53.1. The van der Waals surface area contributed by atoms with Crippen LogP contribution >= 0.6 is 23.4 Å². The van der Waals surface area contributed by atoms with E-state index in [0.29, 0.717) is 11.5 Å². The Morgan fingerprint density at radius 1 is 1.48 bits per heavy atom. The van der Waals surface area contributed by atoms with Gasteiger partial charge in [-0.2, -0.15) is 16.5 Å². The molecule has 0 radical (unpaired) electrons. The highest BCUT2D eigenvalue weighted by Gasteiger charge is 2.32. The van der Waals surface area contributed by atoms with Crippen LogP contribution < -0.4 is 14.8 Å². The largest absolute Gasteiger partial charge is 0.367 e. The van der Waals surface area contributed by atoms with Crippen molar-refractivity contribution >= 4 is 49.1 Å². The van der Waals surface area contributed by atoms with Crippen molar-refractivity contribution in [3.05, 3.63) is 29.8 Å². The number of benzene rings is 1. The van der Waals surface area contributed by atoms with Gasteiger partial charge >= 0.3 is 0 Å². The van der Waals surface area contributed by atoms with E-state index in [2.05, 4.69) is 21.3 Å². The summed E-state index contributed by atoms with van der Waals surface area (Å²) in [5.74, 6) is 1.17. The lowest BCUT2D eigenvalue weighted by molar-refractivity contribution is 0.566. The number of nitrogens with one attached hydrogen (secondary N) is 3. The molecule has 128 valence electrons. The molecule has 23 heavy (non-hydrogen) atoms. The van der Waals surface area contributed by atoms with Gasteiger partial charge in [-0.3, -0.25) is 0 Å². The molecular formula is C12H16ClN3O4S3. The molecule has 1 heterocycles. The number of thioether (sulfide) groups is 1. The summed E-state index contributed by atoms with van der Waals surface area (Å²) in [6.45, 7) is 3.60. The Kier molecular flexibility index (Phi) is 5.64. The van der Waals surface area contributed by atoms with Crippen molar-refractivity contribution in [2.75, 3.05) is 23.9 Å². The van der Waals surface area contributed by atoms with Crippen molar-refractivity contribution in [2.45, 2.75) is 16.0 Å². The Labute approximate surface area is 145 Å². The van der Waals surface area contributed by atoms with Gasteiger partial charge in [0.1, 0.15) is 9.79 Å². The normalized spacial score (nSPS) is 19.7. The molecular weight excluding hydrogens is 382 g/mol. The van der Waals surface area contributed by atoms with E-state index in [1.54, 1.807) is 6.08 Å². The molecule has 0 amide bonds. The zero-order valence-corrected chi connectivity index (χ0v) is 15.4. The van der Waals surface area contributed by atoms with Gasteiger partial charge in [-0.25, -0.2) is 21.6 Å². The Balaban J connectivity index is 2.43. The van der Waals surface area contributed by atoms with E-state index in [9.17, 15) is 16.8 Å². The van der Waals surface area contributed by atoms with Crippen LogP contribution in [0.25, 0.3) is 0 Å². The third-order valence-electron chi connectivity index (χ3n) is 3.03. The lowest BCUT2D eigenvalue weighted by Gasteiger charge is -2.28. The molecule has 0 fully saturated rings. The summed E-state index contributed by atoms with van der Waals surface area (Å²) in [4.78, 5) is -0.437. The predicted octanol–water partition coefficient (Wildman–Crippen LogP) is 1.20. The summed E-state index contributed by atoms with van der Waals surface area (Å²) in [5, 5.41) is 2.95. The molecule has 1 aliphatic heterocycles. The fourth-order valence-electron chi connectivity index (χ4n) is 2.00. The number of halogens is 1. The molecule has 11 heteroatoms. The van der Waals surface area contributed by atoms with Crippen LogP contribution in [0.4, 0.5) is 5.69 Å². The van der Waals surface area contributed by atoms with Gasteiger partial charge in [0.05, 0.1) is 16.9 Å². The highest BCUT2D eigenvalue weighted by Crippen LogP contribution is 2.34. The molecule has 0 spiro atoms. The quantitative estimate of drug-likeness (QED) is 0.492. The van der Waals surface area contributed by atoms with Crippen LogP contribution in [-0.4, -0.2) is 41.6 Å². The van der Waals surface area contributed by atoms with E-state index < -0.39 is 26.2 Å². The minimum absolute atomic E-state index is 0.0554. The lowest BCUT2D eigenvalue weighted by Crippen LogP contribution is -2.46. The van der Waals surface area contributed by atoms with Gasteiger partial charge in [-0.15, -0.1) is 6.58 Å². The van der Waals surface area contributed by atoms with Gasteiger partial charge in [0.2, 0.25) is 20.0 Å².